The van der Waals surface area contributed by atoms with Crippen LogP contribution in [0.4, 0.5) is 13.2 Å². The molecule has 2 aromatic carbocycles. The first-order valence-electron chi connectivity index (χ1n) is 9.96. The molecule has 0 spiro atoms. The lowest BCUT2D eigenvalue weighted by Crippen LogP contribution is -2.45. The van der Waals surface area contributed by atoms with Gasteiger partial charge in [-0.15, -0.1) is 0 Å². The van der Waals surface area contributed by atoms with Crippen molar-refractivity contribution in [2.45, 2.75) is 26.1 Å². The van der Waals surface area contributed by atoms with E-state index in [1.54, 1.807) is 18.2 Å². The van der Waals surface area contributed by atoms with Gasteiger partial charge in [-0.1, -0.05) is 24.3 Å². The zero-order valence-electron chi connectivity index (χ0n) is 16.8. The summed E-state index contributed by atoms with van der Waals surface area (Å²) in [5.41, 5.74) is 0.416. The fraction of sp³-hybridized carbons (Fsp3) is 0.455. The van der Waals surface area contributed by atoms with Gasteiger partial charge in [0.1, 0.15) is 0 Å². The molecular weight excluding hydrogens is 381 g/mol. The molecular formula is C22H27F3N2O2. The molecule has 1 atom stereocenters. The Bertz CT molecular complexity index is 805. The van der Waals surface area contributed by atoms with Crippen LogP contribution in [0.2, 0.25) is 0 Å². The molecule has 0 saturated carbocycles. The Hall–Kier alpha value is -2.25. The zero-order valence-corrected chi connectivity index (χ0v) is 16.8. The first kappa shape index (κ1) is 21.5. The normalized spacial score (nSPS) is 16.4. The monoisotopic (exact) mass is 408 g/mol. The van der Waals surface area contributed by atoms with Crippen LogP contribution in [0.5, 0.6) is 11.5 Å². The average Bonchev–Trinajstić information content (AvgIpc) is 2.71. The van der Waals surface area contributed by atoms with E-state index in [1.165, 1.54) is 6.07 Å². The molecule has 1 aliphatic rings. The van der Waals surface area contributed by atoms with Gasteiger partial charge in [0.25, 0.3) is 0 Å². The molecule has 3 rings (SSSR count). The lowest BCUT2D eigenvalue weighted by Gasteiger charge is -2.36. The second kappa shape index (κ2) is 9.50. The summed E-state index contributed by atoms with van der Waals surface area (Å²) in [5.74, 6) is 1.15. The van der Waals surface area contributed by atoms with E-state index in [4.69, 9.17) is 9.47 Å². The molecule has 1 saturated heterocycles. The van der Waals surface area contributed by atoms with Crippen LogP contribution in [-0.2, 0) is 6.18 Å². The molecule has 0 aromatic heterocycles. The van der Waals surface area contributed by atoms with Gasteiger partial charge >= 0.3 is 6.18 Å². The van der Waals surface area contributed by atoms with Crippen molar-refractivity contribution in [1.29, 1.82) is 0 Å². The highest BCUT2D eigenvalue weighted by molar-refractivity contribution is 5.47. The fourth-order valence-electron chi connectivity index (χ4n) is 3.76. The molecule has 1 unspecified atom stereocenters. The van der Waals surface area contributed by atoms with Gasteiger partial charge in [0.05, 0.1) is 24.8 Å². The molecule has 0 aliphatic carbocycles. The van der Waals surface area contributed by atoms with Crippen molar-refractivity contribution in [3.63, 3.8) is 0 Å². The van der Waals surface area contributed by atoms with E-state index in [9.17, 15) is 13.2 Å². The van der Waals surface area contributed by atoms with Gasteiger partial charge in [0.15, 0.2) is 11.5 Å². The molecule has 1 N–H and O–H groups in total. The fourth-order valence-corrected chi connectivity index (χ4v) is 3.76. The Morgan fingerprint density at radius 2 is 1.62 bits per heavy atom. The number of rotatable bonds is 7. The number of nitrogens with one attached hydrogen (secondary N) is 1. The standard InChI is InChI=1S/C22H27F3N2O2/c1-3-28-19-10-9-16(15-20(19)29-4-2)21(27-13-11-26-12-14-27)17-7-5-6-8-18(17)22(23,24)25/h5-10,15,21,26H,3-4,11-14H2,1-2H3. The number of hydrogen-bond donors (Lipinski definition) is 1. The van der Waals surface area contributed by atoms with E-state index < -0.39 is 17.8 Å². The van der Waals surface area contributed by atoms with Crippen LogP contribution in [-0.4, -0.2) is 44.3 Å². The van der Waals surface area contributed by atoms with E-state index in [1.807, 2.05) is 26.0 Å². The average molecular weight is 408 g/mol. The van der Waals surface area contributed by atoms with Crippen molar-refractivity contribution in [3.8, 4) is 11.5 Å². The molecule has 0 bridgehead atoms. The summed E-state index contributed by atoms with van der Waals surface area (Å²) in [5, 5.41) is 3.27. The highest BCUT2D eigenvalue weighted by Gasteiger charge is 2.37. The Balaban J connectivity index is 2.12. The minimum absolute atomic E-state index is 0.258. The van der Waals surface area contributed by atoms with E-state index in [-0.39, 0.29) is 5.56 Å². The smallest absolute Gasteiger partial charge is 0.416 e. The van der Waals surface area contributed by atoms with Crippen LogP contribution in [0.1, 0.15) is 36.6 Å². The molecule has 158 valence electrons. The Morgan fingerprint density at radius 3 is 2.28 bits per heavy atom. The number of benzene rings is 2. The summed E-state index contributed by atoms with van der Waals surface area (Å²) < 4.78 is 52.7. The van der Waals surface area contributed by atoms with Gasteiger partial charge in [-0.25, -0.2) is 0 Å². The van der Waals surface area contributed by atoms with Crippen molar-refractivity contribution >= 4 is 0 Å². The van der Waals surface area contributed by atoms with Crippen molar-refractivity contribution in [2.24, 2.45) is 0 Å². The highest BCUT2D eigenvalue weighted by Crippen LogP contribution is 2.41. The van der Waals surface area contributed by atoms with E-state index >= 15 is 0 Å². The highest BCUT2D eigenvalue weighted by atomic mass is 19.4. The lowest BCUT2D eigenvalue weighted by atomic mass is 9.92. The molecule has 1 aliphatic heterocycles. The first-order valence-corrected chi connectivity index (χ1v) is 9.96. The predicted molar refractivity (Wildman–Crippen MR) is 107 cm³/mol. The molecule has 4 nitrogen and oxygen atoms in total. The number of nitrogens with zero attached hydrogens (tertiary/aromatic N) is 1. The van der Waals surface area contributed by atoms with Crippen molar-refractivity contribution in [2.75, 3.05) is 39.4 Å². The van der Waals surface area contributed by atoms with Crippen LogP contribution >= 0.6 is 0 Å². The third kappa shape index (κ3) is 5.03. The minimum atomic E-state index is -4.42. The number of piperazine rings is 1. The van der Waals surface area contributed by atoms with Crippen molar-refractivity contribution < 1.29 is 22.6 Å². The van der Waals surface area contributed by atoms with Crippen LogP contribution in [0, 0.1) is 0 Å². The molecule has 29 heavy (non-hydrogen) atoms. The van der Waals surface area contributed by atoms with Gasteiger partial charge in [0.2, 0.25) is 0 Å². The van der Waals surface area contributed by atoms with Crippen LogP contribution < -0.4 is 14.8 Å². The van der Waals surface area contributed by atoms with Gasteiger partial charge in [0, 0.05) is 26.2 Å². The van der Waals surface area contributed by atoms with E-state index in [0.717, 1.165) is 24.7 Å². The summed E-state index contributed by atoms with van der Waals surface area (Å²) in [6.45, 7) is 7.47. The third-order valence-electron chi connectivity index (χ3n) is 4.96. The molecule has 1 heterocycles. The van der Waals surface area contributed by atoms with Crippen LogP contribution in [0.25, 0.3) is 0 Å². The molecule has 0 radical (unpaired) electrons. The van der Waals surface area contributed by atoms with Crippen molar-refractivity contribution in [3.05, 3.63) is 59.2 Å². The third-order valence-corrected chi connectivity index (χ3v) is 4.96. The molecule has 7 heteroatoms. The zero-order chi connectivity index (χ0) is 20.9. The molecule has 0 amide bonds. The van der Waals surface area contributed by atoms with Gasteiger partial charge in [-0.2, -0.15) is 13.2 Å². The second-order valence-corrected chi connectivity index (χ2v) is 6.85. The molecule has 1 fully saturated rings. The maximum atomic E-state index is 13.8. The van der Waals surface area contributed by atoms with Gasteiger partial charge in [-0.05, 0) is 43.2 Å². The summed E-state index contributed by atoms with van der Waals surface area (Å²) in [4.78, 5) is 2.09. The largest absolute Gasteiger partial charge is 0.490 e. The van der Waals surface area contributed by atoms with E-state index in [0.29, 0.717) is 37.8 Å². The SMILES string of the molecule is CCOc1ccc(C(c2ccccc2C(F)(F)F)N2CCNCC2)cc1OCC. The van der Waals surface area contributed by atoms with Crippen LogP contribution in [0.15, 0.2) is 42.5 Å². The van der Waals surface area contributed by atoms with Gasteiger partial charge in [-0.3, -0.25) is 4.90 Å². The quantitative estimate of drug-likeness (QED) is 0.732. The Kier molecular flexibility index (Phi) is 7.03. The Labute approximate surface area is 169 Å². The maximum absolute atomic E-state index is 13.8. The molecule has 2 aromatic rings. The van der Waals surface area contributed by atoms with Gasteiger partial charge < -0.3 is 14.8 Å². The second-order valence-electron chi connectivity index (χ2n) is 6.85. The summed E-state index contributed by atoms with van der Waals surface area (Å²) in [6, 6.07) is 10.7. The Morgan fingerprint density at radius 1 is 0.966 bits per heavy atom. The first-order chi connectivity index (χ1) is 14.0. The lowest BCUT2D eigenvalue weighted by molar-refractivity contribution is -0.138. The minimum Gasteiger partial charge on any atom is -0.490 e. The van der Waals surface area contributed by atoms with Crippen LogP contribution in [0.3, 0.4) is 0 Å². The summed E-state index contributed by atoms with van der Waals surface area (Å²) in [7, 11) is 0. The topological polar surface area (TPSA) is 33.7 Å². The number of ether oxygens (including phenoxy) is 2. The number of alkyl halides is 3. The number of hydrogen-bond acceptors (Lipinski definition) is 4. The van der Waals surface area contributed by atoms with E-state index in [2.05, 4.69) is 10.2 Å². The van der Waals surface area contributed by atoms with Crippen molar-refractivity contribution in [1.82, 2.24) is 10.2 Å². The maximum Gasteiger partial charge on any atom is 0.416 e. The summed E-state index contributed by atoms with van der Waals surface area (Å²) >= 11 is 0. The predicted octanol–water partition coefficient (Wildman–Crippen LogP) is 4.50. The number of halogens is 3. The summed E-state index contributed by atoms with van der Waals surface area (Å²) in [6.07, 6.45) is -4.42.